The molecule has 0 heterocycles. The van der Waals surface area contributed by atoms with Crippen LogP contribution in [0.2, 0.25) is 0 Å². The molecule has 0 radical (unpaired) electrons. The third-order valence-corrected chi connectivity index (χ3v) is 6.00. The Hall–Kier alpha value is -2.38. The van der Waals surface area contributed by atoms with Crippen molar-refractivity contribution >= 4 is 21.6 Å². The number of sulfonamides is 1. The standard InChI is InChI=1S/C19H24N2O4S/c1-4-21(13-14-22)19(23)16-7-9-17(10-8-16)20(3)26(24,25)18-11-5-15(2)6-12-18/h5-12,22H,4,13-14H2,1-3H3. The van der Waals surface area contributed by atoms with E-state index in [2.05, 4.69) is 0 Å². The van der Waals surface area contributed by atoms with E-state index < -0.39 is 10.0 Å². The van der Waals surface area contributed by atoms with Crippen molar-refractivity contribution in [3.05, 3.63) is 59.7 Å². The maximum absolute atomic E-state index is 12.7. The molecule has 0 aliphatic carbocycles. The third-order valence-electron chi connectivity index (χ3n) is 4.20. The summed E-state index contributed by atoms with van der Waals surface area (Å²) in [7, 11) is -2.18. The number of hydrogen-bond acceptors (Lipinski definition) is 4. The summed E-state index contributed by atoms with van der Waals surface area (Å²) in [5.41, 5.74) is 1.90. The molecule has 0 saturated heterocycles. The van der Waals surface area contributed by atoms with Crippen LogP contribution in [0.25, 0.3) is 0 Å². The average Bonchev–Trinajstić information content (AvgIpc) is 2.65. The highest BCUT2D eigenvalue weighted by Gasteiger charge is 2.21. The predicted molar refractivity (Wildman–Crippen MR) is 102 cm³/mol. The van der Waals surface area contributed by atoms with Crippen LogP contribution in [-0.4, -0.2) is 51.1 Å². The van der Waals surface area contributed by atoms with Gasteiger partial charge in [0.05, 0.1) is 17.2 Å². The Bertz CT molecular complexity index is 846. The minimum Gasteiger partial charge on any atom is -0.395 e. The summed E-state index contributed by atoms with van der Waals surface area (Å²) < 4.78 is 26.6. The lowest BCUT2D eigenvalue weighted by Gasteiger charge is -2.22. The summed E-state index contributed by atoms with van der Waals surface area (Å²) in [6, 6.07) is 13.1. The number of aryl methyl sites for hydroxylation is 1. The summed E-state index contributed by atoms with van der Waals surface area (Å²) in [5.74, 6) is -0.197. The molecule has 2 aromatic rings. The Morgan fingerprint density at radius 2 is 1.62 bits per heavy atom. The van der Waals surface area contributed by atoms with E-state index in [4.69, 9.17) is 5.11 Å². The summed E-state index contributed by atoms with van der Waals surface area (Å²) in [4.78, 5) is 14.1. The average molecular weight is 376 g/mol. The molecule has 6 nitrogen and oxygen atoms in total. The molecule has 0 spiro atoms. The summed E-state index contributed by atoms with van der Waals surface area (Å²) in [6.45, 7) is 4.38. The summed E-state index contributed by atoms with van der Waals surface area (Å²) in [6.07, 6.45) is 0. The van der Waals surface area contributed by atoms with E-state index >= 15 is 0 Å². The molecule has 0 saturated carbocycles. The molecule has 140 valence electrons. The number of carbonyl (C=O) groups is 1. The second-order valence-corrected chi connectivity index (χ2v) is 7.91. The number of aliphatic hydroxyl groups is 1. The van der Waals surface area contributed by atoms with Gasteiger partial charge in [0, 0.05) is 25.7 Å². The number of likely N-dealkylation sites (N-methyl/N-ethyl adjacent to an activating group) is 1. The largest absolute Gasteiger partial charge is 0.395 e. The predicted octanol–water partition coefficient (Wildman–Crippen LogP) is 2.27. The van der Waals surface area contributed by atoms with Gasteiger partial charge in [-0.05, 0) is 50.2 Å². The van der Waals surface area contributed by atoms with Crippen LogP contribution >= 0.6 is 0 Å². The van der Waals surface area contributed by atoms with Crippen molar-refractivity contribution in [2.24, 2.45) is 0 Å². The van der Waals surface area contributed by atoms with Gasteiger partial charge in [0.15, 0.2) is 0 Å². The zero-order valence-corrected chi connectivity index (χ0v) is 16.0. The van der Waals surface area contributed by atoms with E-state index in [9.17, 15) is 13.2 Å². The van der Waals surface area contributed by atoms with Crippen LogP contribution in [0.4, 0.5) is 5.69 Å². The van der Waals surface area contributed by atoms with Gasteiger partial charge in [0.2, 0.25) is 0 Å². The monoisotopic (exact) mass is 376 g/mol. The highest BCUT2D eigenvalue weighted by atomic mass is 32.2. The van der Waals surface area contributed by atoms with Crippen LogP contribution in [0.1, 0.15) is 22.8 Å². The highest BCUT2D eigenvalue weighted by molar-refractivity contribution is 7.92. The van der Waals surface area contributed by atoms with Gasteiger partial charge >= 0.3 is 0 Å². The quantitative estimate of drug-likeness (QED) is 0.804. The number of aliphatic hydroxyl groups excluding tert-OH is 1. The molecule has 7 heteroatoms. The van der Waals surface area contributed by atoms with E-state index in [0.29, 0.717) is 17.8 Å². The molecule has 2 rings (SSSR count). The Kier molecular flexibility index (Phi) is 6.39. The van der Waals surface area contributed by atoms with Gasteiger partial charge in [0.25, 0.3) is 15.9 Å². The number of carbonyl (C=O) groups excluding carboxylic acids is 1. The van der Waals surface area contributed by atoms with Crippen LogP contribution in [-0.2, 0) is 10.0 Å². The minimum absolute atomic E-state index is 0.102. The van der Waals surface area contributed by atoms with Crippen LogP contribution in [0, 0.1) is 6.92 Å². The van der Waals surface area contributed by atoms with E-state index in [-0.39, 0.29) is 24.0 Å². The first-order valence-electron chi connectivity index (χ1n) is 8.37. The first-order valence-corrected chi connectivity index (χ1v) is 9.81. The second-order valence-electron chi connectivity index (χ2n) is 5.94. The van der Waals surface area contributed by atoms with Crippen molar-refractivity contribution in [2.75, 3.05) is 31.0 Å². The maximum Gasteiger partial charge on any atom is 0.264 e. The molecule has 1 amide bonds. The first-order chi connectivity index (χ1) is 12.3. The lowest BCUT2D eigenvalue weighted by Crippen LogP contribution is -2.33. The minimum atomic E-state index is -3.67. The Balaban J connectivity index is 2.24. The van der Waals surface area contributed by atoms with Crippen molar-refractivity contribution in [3.63, 3.8) is 0 Å². The Labute approximate surface area is 154 Å². The molecule has 0 aliphatic rings. The zero-order chi connectivity index (χ0) is 19.3. The number of benzene rings is 2. The maximum atomic E-state index is 12.7. The molecule has 1 N–H and O–H groups in total. The van der Waals surface area contributed by atoms with E-state index in [1.54, 1.807) is 48.5 Å². The van der Waals surface area contributed by atoms with Crippen LogP contribution in [0.3, 0.4) is 0 Å². The van der Waals surface area contributed by atoms with Crippen LogP contribution in [0.15, 0.2) is 53.4 Å². The number of amides is 1. The van der Waals surface area contributed by atoms with E-state index in [1.165, 1.54) is 16.3 Å². The van der Waals surface area contributed by atoms with Crippen molar-refractivity contribution in [2.45, 2.75) is 18.7 Å². The molecule has 26 heavy (non-hydrogen) atoms. The van der Waals surface area contributed by atoms with Crippen molar-refractivity contribution in [3.8, 4) is 0 Å². The van der Waals surface area contributed by atoms with Crippen LogP contribution in [0.5, 0.6) is 0 Å². The molecule has 0 fully saturated rings. The van der Waals surface area contributed by atoms with Crippen LogP contribution < -0.4 is 4.31 Å². The molecule has 0 aromatic heterocycles. The summed E-state index contributed by atoms with van der Waals surface area (Å²) in [5, 5.41) is 9.03. The van der Waals surface area contributed by atoms with Gasteiger partial charge in [-0.2, -0.15) is 0 Å². The van der Waals surface area contributed by atoms with Gasteiger partial charge in [-0.1, -0.05) is 17.7 Å². The molecule has 2 aromatic carbocycles. The third kappa shape index (κ3) is 4.23. The lowest BCUT2D eigenvalue weighted by molar-refractivity contribution is 0.0732. The number of anilines is 1. The van der Waals surface area contributed by atoms with Gasteiger partial charge in [-0.3, -0.25) is 9.10 Å². The smallest absolute Gasteiger partial charge is 0.264 e. The van der Waals surface area contributed by atoms with Gasteiger partial charge < -0.3 is 10.0 Å². The van der Waals surface area contributed by atoms with Gasteiger partial charge in [-0.15, -0.1) is 0 Å². The zero-order valence-electron chi connectivity index (χ0n) is 15.2. The van der Waals surface area contributed by atoms with Crippen molar-refractivity contribution in [1.29, 1.82) is 0 Å². The lowest BCUT2D eigenvalue weighted by atomic mass is 10.2. The normalized spacial score (nSPS) is 11.2. The summed E-state index contributed by atoms with van der Waals surface area (Å²) >= 11 is 0. The first kappa shape index (κ1) is 19.9. The van der Waals surface area contributed by atoms with Crippen molar-refractivity contribution < 1.29 is 18.3 Å². The Morgan fingerprint density at radius 3 is 2.12 bits per heavy atom. The second kappa shape index (κ2) is 8.33. The molecular weight excluding hydrogens is 352 g/mol. The number of rotatable bonds is 7. The topological polar surface area (TPSA) is 77.9 Å². The van der Waals surface area contributed by atoms with Crippen molar-refractivity contribution in [1.82, 2.24) is 4.90 Å². The van der Waals surface area contributed by atoms with Gasteiger partial charge in [0.1, 0.15) is 0 Å². The molecular formula is C19H24N2O4S. The Morgan fingerprint density at radius 1 is 1.04 bits per heavy atom. The number of nitrogens with zero attached hydrogens (tertiary/aromatic N) is 2. The number of hydrogen-bond donors (Lipinski definition) is 1. The SMILES string of the molecule is CCN(CCO)C(=O)c1ccc(N(C)S(=O)(=O)c2ccc(C)cc2)cc1. The highest BCUT2D eigenvalue weighted by Crippen LogP contribution is 2.23. The van der Waals surface area contributed by atoms with Gasteiger partial charge in [-0.25, -0.2) is 8.42 Å². The molecule has 0 bridgehead atoms. The van der Waals surface area contributed by atoms with E-state index in [0.717, 1.165) is 5.56 Å². The molecule has 0 unspecified atom stereocenters. The fourth-order valence-electron chi connectivity index (χ4n) is 2.53. The fourth-order valence-corrected chi connectivity index (χ4v) is 3.72. The molecule has 0 aliphatic heterocycles. The van der Waals surface area contributed by atoms with E-state index in [1.807, 2.05) is 13.8 Å². The molecule has 0 atom stereocenters. The fraction of sp³-hybridized carbons (Fsp3) is 0.316.